The summed E-state index contributed by atoms with van der Waals surface area (Å²) in [7, 11) is 0. The van der Waals surface area contributed by atoms with Crippen LogP contribution >= 0.6 is 0 Å². The number of aromatic hydroxyl groups is 6. The second-order valence-electron chi connectivity index (χ2n) is 10.9. The van der Waals surface area contributed by atoms with Crippen molar-refractivity contribution < 1.29 is 74.2 Å². The third kappa shape index (κ3) is 9.08. The molecule has 1 aliphatic rings. The zero-order valence-corrected chi connectivity index (χ0v) is 25.2. The number of phenolic OH excluding ortho intramolecular Hbond substituents is 6. The first kappa shape index (κ1) is 35.4. The van der Waals surface area contributed by atoms with Crippen LogP contribution in [-0.4, -0.2) is 82.5 Å². The maximum atomic E-state index is 13.5. The van der Waals surface area contributed by atoms with Gasteiger partial charge in [0.2, 0.25) is 0 Å². The number of esters is 3. The summed E-state index contributed by atoms with van der Waals surface area (Å²) in [6, 6.07) is 11.0. The smallest absolute Gasteiger partial charge is 0.335 e. The Bertz CT molecular complexity index is 1760. The molecule has 0 aliphatic heterocycles. The lowest BCUT2D eigenvalue weighted by molar-refractivity contribution is -0.198. The van der Waals surface area contributed by atoms with Gasteiger partial charge in [0, 0.05) is 25.0 Å². The molecule has 0 amide bonds. The standard InChI is InChI=1S/C34H30O15/c35-21-6-1-18(13-24(21)38)4-9-29(41)48-27-16-34(46,33(44)45)17-28(49-30(42)10-5-19-2-7-22(36)25(39)14-19)31(27)32(43)47-12-11-20-3-8-23(37)26(40)15-20/h1-15,27-28,31,35-40,46H,16-17H2,(H,44,45)/b9-4+,10-5+,12-11+. The molecule has 15 nitrogen and oxygen atoms in total. The Kier molecular flexibility index (Phi) is 10.8. The lowest BCUT2D eigenvalue weighted by atomic mass is 9.74. The number of phenols is 6. The van der Waals surface area contributed by atoms with Crippen LogP contribution in [-0.2, 0) is 33.4 Å². The molecule has 256 valence electrons. The molecule has 8 N–H and O–H groups in total. The Morgan fingerprint density at radius 2 is 1.00 bits per heavy atom. The number of carbonyl (C=O) groups excluding carboxylic acids is 3. The third-order valence-corrected chi connectivity index (χ3v) is 7.35. The molecule has 0 aromatic heterocycles. The van der Waals surface area contributed by atoms with Gasteiger partial charge in [-0.25, -0.2) is 14.4 Å². The topological polar surface area (TPSA) is 258 Å². The number of aliphatic hydroxyl groups is 1. The summed E-state index contributed by atoms with van der Waals surface area (Å²) >= 11 is 0. The number of aliphatic carboxylic acids is 1. The Hall–Kier alpha value is -6.48. The molecule has 4 rings (SSSR count). The molecule has 0 radical (unpaired) electrons. The molecule has 3 aromatic rings. The number of carboxylic acid groups (broad SMARTS) is 1. The van der Waals surface area contributed by atoms with E-state index in [1.165, 1.54) is 42.5 Å². The van der Waals surface area contributed by atoms with Gasteiger partial charge in [0.1, 0.15) is 18.1 Å². The second kappa shape index (κ2) is 15.0. The molecule has 0 spiro atoms. The summed E-state index contributed by atoms with van der Waals surface area (Å²) in [5.41, 5.74) is -1.86. The number of rotatable bonds is 10. The largest absolute Gasteiger partial charge is 0.504 e. The summed E-state index contributed by atoms with van der Waals surface area (Å²) in [5.74, 6) is -9.52. The van der Waals surface area contributed by atoms with Gasteiger partial charge in [0.15, 0.2) is 40.1 Å². The van der Waals surface area contributed by atoms with Crippen molar-refractivity contribution in [3.05, 3.63) is 89.7 Å². The minimum atomic E-state index is -2.65. The van der Waals surface area contributed by atoms with Gasteiger partial charge in [-0.2, -0.15) is 0 Å². The van der Waals surface area contributed by atoms with Crippen molar-refractivity contribution in [3.8, 4) is 34.5 Å². The van der Waals surface area contributed by atoms with Crippen LogP contribution in [0.2, 0.25) is 0 Å². The molecule has 15 heteroatoms. The number of hydrogen-bond acceptors (Lipinski definition) is 14. The van der Waals surface area contributed by atoms with Gasteiger partial charge in [-0.3, -0.25) is 4.79 Å². The van der Waals surface area contributed by atoms with Crippen LogP contribution in [0.1, 0.15) is 29.5 Å². The molecule has 2 atom stereocenters. The van der Waals surface area contributed by atoms with E-state index in [9.17, 15) is 60.0 Å². The maximum absolute atomic E-state index is 13.5. The second-order valence-corrected chi connectivity index (χ2v) is 10.9. The van der Waals surface area contributed by atoms with Crippen LogP contribution in [0.15, 0.2) is 73.0 Å². The van der Waals surface area contributed by atoms with Crippen molar-refractivity contribution in [2.24, 2.45) is 5.92 Å². The van der Waals surface area contributed by atoms with Crippen molar-refractivity contribution in [2.75, 3.05) is 0 Å². The molecular weight excluding hydrogens is 648 g/mol. The van der Waals surface area contributed by atoms with Crippen molar-refractivity contribution >= 4 is 42.1 Å². The molecule has 1 aliphatic carbocycles. The van der Waals surface area contributed by atoms with E-state index in [2.05, 4.69) is 0 Å². The van der Waals surface area contributed by atoms with Crippen molar-refractivity contribution in [1.82, 2.24) is 0 Å². The van der Waals surface area contributed by atoms with Crippen LogP contribution in [0, 0.1) is 5.92 Å². The highest BCUT2D eigenvalue weighted by Crippen LogP contribution is 2.38. The Balaban J connectivity index is 1.62. The van der Waals surface area contributed by atoms with Gasteiger partial charge in [0.05, 0.1) is 6.26 Å². The lowest BCUT2D eigenvalue weighted by Crippen LogP contribution is -2.57. The van der Waals surface area contributed by atoms with E-state index in [0.717, 1.165) is 48.7 Å². The van der Waals surface area contributed by atoms with Gasteiger partial charge in [0.25, 0.3) is 0 Å². The quantitative estimate of drug-likeness (QED) is 0.0504. The van der Waals surface area contributed by atoms with Gasteiger partial charge < -0.3 is 55.1 Å². The number of carbonyl (C=O) groups is 4. The van der Waals surface area contributed by atoms with Gasteiger partial charge >= 0.3 is 23.9 Å². The SMILES string of the molecule is O=C(/C=C/c1ccc(O)c(O)c1)OC1CC(O)(C(=O)O)CC(OC(=O)/C=C/c2ccc(O)c(O)c2)C1C(=O)O/C=C/c1ccc(O)c(O)c1. The van der Waals surface area contributed by atoms with E-state index in [0.29, 0.717) is 0 Å². The first-order chi connectivity index (χ1) is 23.1. The molecule has 1 fully saturated rings. The summed E-state index contributed by atoms with van der Waals surface area (Å²) in [5, 5.41) is 78.4. The number of carboxylic acids is 1. The van der Waals surface area contributed by atoms with E-state index >= 15 is 0 Å². The fourth-order valence-electron chi connectivity index (χ4n) is 4.85. The molecule has 2 unspecified atom stereocenters. The summed E-state index contributed by atoms with van der Waals surface area (Å²) in [6.07, 6.45) is 1.08. The highest BCUT2D eigenvalue weighted by Gasteiger charge is 2.55. The zero-order valence-electron chi connectivity index (χ0n) is 25.2. The van der Waals surface area contributed by atoms with E-state index < -0.39 is 94.9 Å². The van der Waals surface area contributed by atoms with E-state index in [1.807, 2.05) is 0 Å². The first-order valence-corrected chi connectivity index (χ1v) is 14.3. The van der Waals surface area contributed by atoms with Crippen molar-refractivity contribution in [2.45, 2.75) is 30.7 Å². The normalized spacial score (nSPS) is 20.7. The first-order valence-electron chi connectivity index (χ1n) is 14.3. The lowest BCUT2D eigenvalue weighted by Gasteiger charge is -2.41. The fraction of sp³-hybridized carbons (Fsp3) is 0.176. The Morgan fingerprint density at radius 1 is 0.612 bits per heavy atom. The Morgan fingerprint density at radius 3 is 1.37 bits per heavy atom. The molecule has 3 aromatic carbocycles. The Labute approximate surface area is 277 Å². The van der Waals surface area contributed by atoms with Crippen molar-refractivity contribution in [1.29, 1.82) is 0 Å². The summed E-state index contributed by atoms with van der Waals surface area (Å²) in [6.45, 7) is 0. The molecule has 1 saturated carbocycles. The van der Waals surface area contributed by atoms with Crippen LogP contribution in [0.3, 0.4) is 0 Å². The highest BCUT2D eigenvalue weighted by molar-refractivity contribution is 5.89. The maximum Gasteiger partial charge on any atom is 0.335 e. The van der Waals surface area contributed by atoms with Crippen LogP contribution in [0.25, 0.3) is 18.2 Å². The molecular formula is C34H30O15. The fourth-order valence-corrected chi connectivity index (χ4v) is 4.85. The number of benzene rings is 3. The minimum absolute atomic E-state index is 0.250. The van der Waals surface area contributed by atoms with Crippen LogP contribution < -0.4 is 0 Å². The summed E-state index contributed by atoms with van der Waals surface area (Å²) in [4.78, 5) is 51.3. The monoisotopic (exact) mass is 678 g/mol. The van der Waals surface area contributed by atoms with Crippen LogP contribution in [0.5, 0.6) is 34.5 Å². The average molecular weight is 679 g/mol. The number of hydrogen-bond donors (Lipinski definition) is 8. The predicted molar refractivity (Wildman–Crippen MR) is 168 cm³/mol. The van der Waals surface area contributed by atoms with Crippen LogP contribution in [0.4, 0.5) is 0 Å². The van der Waals surface area contributed by atoms with Gasteiger partial charge in [-0.15, -0.1) is 0 Å². The molecule has 0 bridgehead atoms. The molecule has 0 heterocycles. The number of ether oxygens (including phenoxy) is 3. The predicted octanol–water partition coefficient (Wildman–Crippen LogP) is 2.91. The summed E-state index contributed by atoms with van der Waals surface area (Å²) < 4.78 is 16.0. The van der Waals surface area contributed by atoms with Gasteiger partial charge in [-0.1, -0.05) is 18.2 Å². The molecule has 49 heavy (non-hydrogen) atoms. The van der Waals surface area contributed by atoms with Gasteiger partial charge in [-0.05, 0) is 71.3 Å². The van der Waals surface area contributed by atoms with Crippen molar-refractivity contribution in [3.63, 3.8) is 0 Å². The van der Waals surface area contributed by atoms with E-state index in [1.54, 1.807) is 0 Å². The molecule has 0 saturated heterocycles. The highest BCUT2D eigenvalue weighted by atomic mass is 16.6. The van der Waals surface area contributed by atoms with E-state index in [-0.39, 0.29) is 16.7 Å². The van der Waals surface area contributed by atoms with E-state index in [4.69, 9.17) is 14.2 Å². The average Bonchev–Trinajstić information content (AvgIpc) is 3.03. The minimum Gasteiger partial charge on any atom is -0.504 e. The third-order valence-electron chi connectivity index (χ3n) is 7.35. The zero-order chi connectivity index (χ0) is 35.9.